The summed E-state index contributed by atoms with van der Waals surface area (Å²) in [5.41, 5.74) is 5.80. The van der Waals surface area contributed by atoms with Crippen LogP contribution in [0, 0.1) is 0 Å². The van der Waals surface area contributed by atoms with Gasteiger partial charge >= 0.3 is 5.69 Å². The maximum absolute atomic E-state index is 13.0. The molecule has 0 spiro atoms. The van der Waals surface area contributed by atoms with Crippen LogP contribution in [-0.4, -0.2) is 37.3 Å². The number of hydrogen-bond acceptors (Lipinski definition) is 6. The van der Waals surface area contributed by atoms with Crippen molar-refractivity contribution in [2.75, 3.05) is 22.9 Å². The topological polar surface area (TPSA) is 119 Å². The SMILES string of the molecule is CCCN(C(=O)CSc1nccn1C)c1c(N)n(Cc2ccccc2)c(=O)[nH]c1=O. The Morgan fingerprint density at radius 3 is 2.63 bits per heavy atom. The van der Waals surface area contributed by atoms with E-state index in [0.29, 0.717) is 18.1 Å². The lowest BCUT2D eigenvalue weighted by atomic mass is 10.2. The lowest BCUT2D eigenvalue weighted by Crippen LogP contribution is -2.42. The van der Waals surface area contributed by atoms with E-state index < -0.39 is 11.2 Å². The minimum absolute atomic E-state index is 0.00202. The molecule has 0 aliphatic heterocycles. The minimum atomic E-state index is -0.675. The van der Waals surface area contributed by atoms with Crippen molar-refractivity contribution in [3.63, 3.8) is 0 Å². The van der Waals surface area contributed by atoms with Crippen LogP contribution in [0.2, 0.25) is 0 Å². The highest BCUT2D eigenvalue weighted by Crippen LogP contribution is 2.21. The summed E-state index contributed by atoms with van der Waals surface area (Å²) in [5, 5.41) is 0.690. The van der Waals surface area contributed by atoms with Crippen molar-refractivity contribution in [1.29, 1.82) is 0 Å². The molecule has 3 aromatic rings. The lowest BCUT2D eigenvalue weighted by Gasteiger charge is -2.24. The van der Waals surface area contributed by atoms with Crippen molar-refractivity contribution in [3.8, 4) is 0 Å². The van der Waals surface area contributed by atoms with Crippen LogP contribution in [0.5, 0.6) is 0 Å². The molecule has 0 bridgehead atoms. The molecule has 0 saturated carbocycles. The Morgan fingerprint density at radius 1 is 1.27 bits per heavy atom. The maximum atomic E-state index is 13.0. The van der Waals surface area contributed by atoms with Crippen LogP contribution in [0.3, 0.4) is 0 Å². The van der Waals surface area contributed by atoms with Gasteiger partial charge in [-0.2, -0.15) is 0 Å². The third-order valence-electron chi connectivity index (χ3n) is 4.52. The number of benzene rings is 1. The summed E-state index contributed by atoms with van der Waals surface area (Å²) in [6.45, 7) is 2.39. The van der Waals surface area contributed by atoms with E-state index in [4.69, 9.17) is 5.73 Å². The molecular formula is C20H24N6O3S. The Kier molecular flexibility index (Phi) is 6.78. The molecule has 3 N–H and O–H groups in total. The number of carbonyl (C=O) groups is 1. The van der Waals surface area contributed by atoms with E-state index in [-0.39, 0.29) is 29.7 Å². The van der Waals surface area contributed by atoms with E-state index in [1.165, 1.54) is 21.2 Å². The van der Waals surface area contributed by atoms with Crippen molar-refractivity contribution in [3.05, 3.63) is 69.1 Å². The molecular weight excluding hydrogens is 404 g/mol. The summed E-state index contributed by atoms with van der Waals surface area (Å²) in [7, 11) is 1.84. The molecule has 0 radical (unpaired) electrons. The Hall–Kier alpha value is -3.27. The van der Waals surface area contributed by atoms with Crippen molar-refractivity contribution < 1.29 is 4.79 Å². The molecule has 0 aliphatic rings. The molecule has 2 heterocycles. The van der Waals surface area contributed by atoms with Gasteiger partial charge in [0.2, 0.25) is 5.91 Å². The number of H-pyrrole nitrogens is 1. The second-order valence-corrected chi connectivity index (χ2v) is 7.66. The van der Waals surface area contributed by atoms with Crippen molar-refractivity contribution in [2.24, 2.45) is 7.05 Å². The number of imidazole rings is 1. The predicted molar refractivity (Wildman–Crippen MR) is 118 cm³/mol. The molecule has 3 rings (SSSR count). The summed E-state index contributed by atoms with van der Waals surface area (Å²) in [6.07, 6.45) is 4.06. The second kappa shape index (κ2) is 9.49. The number of aromatic nitrogens is 4. The first-order valence-electron chi connectivity index (χ1n) is 9.49. The number of nitrogens with two attached hydrogens (primary N) is 1. The molecule has 9 nitrogen and oxygen atoms in total. The Labute approximate surface area is 177 Å². The van der Waals surface area contributed by atoms with Crippen molar-refractivity contribution in [2.45, 2.75) is 25.0 Å². The minimum Gasteiger partial charge on any atom is -0.383 e. The first kappa shape index (κ1) is 21.4. The molecule has 1 amide bonds. The van der Waals surface area contributed by atoms with Crippen LogP contribution in [0.25, 0.3) is 0 Å². The highest BCUT2D eigenvalue weighted by atomic mass is 32.2. The first-order chi connectivity index (χ1) is 14.4. The fraction of sp³-hybridized carbons (Fsp3) is 0.300. The van der Waals surface area contributed by atoms with Gasteiger partial charge in [0, 0.05) is 26.0 Å². The predicted octanol–water partition coefficient (Wildman–Crippen LogP) is 1.44. The number of nitrogen functional groups attached to an aromatic ring is 1. The Morgan fingerprint density at radius 2 is 2.00 bits per heavy atom. The van der Waals surface area contributed by atoms with Gasteiger partial charge in [-0.3, -0.25) is 19.1 Å². The van der Waals surface area contributed by atoms with E-state index in [1.807, 2.05) is 48.9 Å². The van der Waals surface area contributed by atoms with E-state index in [1.54, 1.807) is 12.4 Å². The van der Waals surface area contributed by atoms with Crippen LogP contribution in [0.1, 0.15) is 18.9 Å². The molecule has 0 atom stereocenters. The van der Waals surface area contributed by atoms with Gasteiger partial charge in [-0.15, -0.1) is 0 Å². The van der Waals surface area contributed by atoms with Gasteiger partial charge in [-0.1, -0.05) is 49.0 Å². The number of nitrogens with zero attached hydrogens (tertiary/aromatic N) is 4. The summed E-state index contributed by atoms with van der Waals surface area (Å²) < 4.78 is 3.08. The van der Waals surface area contributed by atoms with E-state index in [2.05, 4.69) is 9.97 Å². The number of rotatable bonds is 8. The largest absolute Gasteiger partial charge is 0.383 e. The normalized spacial score (nSPS) is 10.9. The third kappa shape index (κ3) is 4.65. The molecule has 0 fully saturated rings. The average Bonchev–Trinajstić information content (AvgIpc) is 3.14. The van der Waals surface area contributed by atoms with E-state index >= 15 is 0 Å². The van der Waals surface area contributed by atoms with Gasteiger partial charge < -0.3 is 15.2 Å². The molecule has 0 aliphatic carbocycles. The molecule has 1 aromatic carbocycles. The van der Waals surface area contributed by atoms with E-state index in [9.17, 15) is 14.4 Å². The van der Waals surface area contributed by atoms with Crippen molar-refractivity contribution >= 4 is 29.2 Å². The number of amides is 1. The Balaban J connectivity index is 1.94. The highest BCUT2D eigenvalue weighted by molar-refractivity contribution is 7.99. The van der Waals surface area contributed by atoms with Crippen LogP contribution < -0.4 is 21.9 Å². The molecule has 0 unspecified atom stereocenters. The quantitative estimate of drug-likeness (QED) is 0.524. The fourth-order valence-electron chi connectivity index (χ4n) is 3.04. The zero-order chi connectivity index (χ0) is 21.7. The number of hydrogen-bond donors (Lipinski definition) is 2. The van der Waals surface area contributed by atoms with Crippen LogP contribution in [0.4, 0.5) is 11.5 Å². The van der Waals surface area contributed by atoms with Gasteiger partial charge in [0.05, 0.1) is 12.3 Å². The number of thioether (sulfide) groups is 1. The fourth-order valence-corrected chi connectivity index (χ4v) is 3.85. The zero-order valence-electron chi connectivity index (χ0n) is 16.9. The number of carbonyl (C=O) groups excluding carboxylic acids is 1. The van der Waals surface area contributed by atoms with Gasteiger partial charge in [0.15, 0.2) is 10.8 Å². The second-order valence-electron chi connectivity index (χ2n) is 6.72. The number of anilines is 2. The molecule has 2 aromatic heterocycles. The number of aryl methyl sites for hydroxylation is 1. The van der Waals surface area contributed by atoms with Crippen LogP contribution in [0.15, 0.2) is 57.5 Å². The van der Waals surface area contributed by atoms with Gasteiger partial charge in [0.25, 0.3) is 5.56 Å². The lowest BCUT2D eigenvalue weighted by molar-refractivity contribution is -0.116. The van der Waals surface area contributed by atoms with Crippen molar-refractivity contribution in [1.82, 2.24) is 19.1 Å². The van der Waals surface area contributed by atoms with E-state index in [0.717, 1.165) is 5.56 Å². The summed E-state index contributed by atoms with van der Waals surface area (Å²) >= 11 is 1.27. The van der Waals surface area contributed by atoms with Gasteiger partial charge in [-0.25, -0.2) is 9.78 Å². The smallest absolute Gasteiger partial charge is 0.330 e. The van der Waals surface area contributed by atoms with Gasteiger partial charge in [-0.05, 0) is 12.0 Å². The molecule has 30 heavy (non-hydrogen) atoms. The number of aromatic amines is 1. The Bertz CT molecular complexity index is 1140. The summed E-state index contributed by atoms with van der Waals surface area (Å²) in [5.74, 6) is -0.231. The first-order valence-corrected chi connectivity index (χ1v) is 10.5. The molecule has 0 saturated heterocycles. The van der Waals surface area contributed by atoms with Crippen LogP contribution in [-0.2, 0) is 18.4 Å². The zero-order valence-corrected chi connectivity index (χ0v) is 17.7. The summed E-state index contributed by atoms with van der Waals surface area (Å²) in [6, 6.07) is 9.29. The third-order valence-corrected chi connectivity index (χ3v) is 5.56. The van der Waals surface area contributed by atoms with Gasteiger partial charge in [0.1, 0.15) is 5.82 Å². The summed E-state index contributed by atoms with van der Waals surface area (Å²) in [4.78, 5) is 45.8. The standard InChI is InChI=1S/C20H24N6O3S/c1-3-10-25(15(27)13-30-20-22-9-11-24(20)2)16-17(21)26(19(29)23-18(16)28)12-14-7-5-4-6-8-14/h4-9,11H,3,10,12-13,21H2,1-2H3,(H,23,28,29). The molecule has 158 valence electrons. The average molecular weight is 429 g/mol. The maximum Gasteiger partial charge on any atom is 0.330 e. The number of nitrogens with one attached hydrogen (secondary N) is 1. The highest BCUT2D eigenvalue weighted by Gasteiger charge is 2.24. The van der Waals surface area contributed by atoms with Crippen LogP contribution >= 0.6 is 11.8 Å². The molecule has 10 heteroatoms. The monoisotopic (exact) mass is 428 g/mol.